The maximum Gasteiger partial charge on any atom is 0.222 e. The summed E-state index contributed by atoms with van der Waals surface area (Å²) in [5, 5.41) is 0.191. The van der Waals surface area contributed by atoms with Crippen LogP contribution in [0.5, 0.6) is 0 Å². The average molecular weight is 245 g/mol. The molecule has 0 saturated carbocycles. The summed E-state index contributed by atoms with van der Waals surface area (Å²) >= 11 is 5.56. The first-order valence-electron chi connectivity index (χ1n) is 5.01. The van der Waals surface area contributed by atoms with Gasteiger partial charge >= 0.3 is 0 Å². The Morgan fingerprint density at radius 1 is 1.12 bits per heavy atom. The Morgan fingerprint density at radius 3 is 2.41 bits per heavy atom. The topological polar surface area (TPSA) is 42.9 Å². The number of hydrogen-bond acceptors (Lipinski definition) is 3. The van der Waals surface area contributed by atoms with E-state index in [4.69, 9.17) is 11.6 Å². The second kappa shape index (κ2) is 5.37. The highest BCUT2D eigenvalue weighted by atomic mass is 35.5. The van der Waals surface area contributed by atoms with Crippen molar-refractivity contribution in [2.24, 2.45) is 0 Å². The molecule has 1 aromatic heterocycles. The predicted molar refractivity (Wildman–Crippen MR) is 66.8 cm³/mol. The van der Waals surface area contributed by atoms with Gasteiger partial charge in [-0.3, -0.25) is 4.79 Å². The van der Waals surface area contributed by atoms with Crippen LogP contribution in [-0.4, -0.2) is 15.8 Å². The number of ketones is 1. The largest absolute Gasteiger partial charge is 0.289 e. The van der Waals surface area contributed by atoms with Crippen LogP contribution in [0.4, 0.5) is 0 Å². The Morgan fingerprint density at radius 2 is 1.76 bits per heavy atom. The molecule has 0 aliphatic heterocycles. The lowest BCUT2D eigenvalue weighted by atomic mass is 10.1. The smallest absolute Gasteiger partial charge is 0.222 e. The highest BCUT2D eigenvalue weighted by Crippen LogP contribution is 2.05. The fourth-order valence-electron chi connectivity index (χ4n) is 1.28. The lowest BCUT2D eigenvalue weighted by Crippen LogP contribution is -1.93. The molecule has 0 atom stereocenters. The van der Waals surface area contributed by atoms with Gasteiger partial charge in [0.25, 0.3) is 0 Å². The van der Waals surface area contributed by atoms with Crippen molar-refractivity contribution in [2.75, 3.05) is 0 Å². The van der Waals surface area contributed by atoms with E-state index >= 15 is 0 Å². The third-order valence-corrected chi connectivity index (χ3v) is 2.32. The molecule has 84 valence electrons. The van der Waals surface area contributed by atoms with Gasteiger partial charge in [-0.1, -0.05) is 30.3 Å². The summed E-state index contributed by atoms with van der Waals surface area (Å²) < 4.78 is 0. The van der Waals surface area contributed by atoms with E-state index in [9.17, 15) is 4.79 Å². The molecule has 0 amide bonds. The van der Waals surface area contributed by atoms with Crippen LogP contribution in [-0.2, 0) is 0 Å². The van der Waals surface area contributed by atoms with E-state index in [1.54, 1.807) is 30.6 Å². The Kier molecular flexibility index (Phi) is 3.62. The molecule has 0 aliphatic carbocycles. The number of benzene rings is 1. The van der Waals surface area contributed by atoms with Crippen LogP contribution in [0.1, 0.15) is 15.9 Å². The third-order valence-electron chi connectivity index (χ3n) is 2.13. The van der Waals surface area contributed by atoms with Crippen molar-refractivity contribution < 1.29 is 4.79 Å². The fraction of sp³-hybridized carbons (Fsp3) is 0. The van der Waals surface area contributed by atoms with Crippen molar-refractivity contribution in [2.45, 2.75) is 0 Å². The molecule has 0 radical (unpaired) electrons. The van der Waals surface area contributed by atoms with Crippen LogP contribution < -0.4 is 0 Å². The predicted octanol–water partition coefficient (Wildman–Crippen LogP) is 3.03. The molecule has 0 unspecified atom stereocenters. The maximum atomic E-state index is 11.7. The quantitative estimate of drug-likeness (QED) is 0.474. The molecular weight excluding hydrogens is 236 g/mol. The molecular formula is C13H9ClN2O. The van der Waals surface area contributed by atoms with E-state index < -0.39 is 0 Å². The number of hydrogen-bond donors (Lipinski definition) is 0. The van der Waals surface area contributed by atoms with Crippen molar-refractivity contribution in [1.29, 1.82) is 0 Å². The van der Waals surface area contributed by atoms with Gasteiger partial charge in [0, 0.05) is 23.5 Å². The molecule has 1 heterocycles. The minimum Gasteiger partial charge on any atom is -0.289 e. The summed E-state index contributed by atoms with van der Waals surface area (Å²) in [6.45, 7) is 0. The van der Waals surface area contributed by atoms with Crippen LogP contribution >= 0.6 is 11.6 Å². The number of carbonyl (C=O) groups excluding carboxylic acids is 1. The van der Waals surface area contributed by atoms with Gasteiger partial charge in [0.2, 0.25) is 5.28 Å². The van der Waals surface area contributed by atoms with E-state index in [2.05, 4.69) is 9.97 Å². The van der Waals surface area contributed by atoms with Crippen LogP contribution in [0.15, 0.2) is 48.8 Å². The molecule has 0 spiro atoms. The Hall–Kier alpha value is -2.00. The van der Waals surface area contributed by atoms with Crippen LogP contribution in [0.2, 0.25) is 5.28 Å². The third kappa shape index (κ3) is 3.23. The first-order chi connectivity index (χ1) is 8.25. The molecule has 2 aromatic rings. The highest BCUT2D eigenvalue weighted by molar-refractivity contribution is 6.28. The van der Waals surface area contributed by atoms with Gasteiger partial charge in [0.15, 0.2) is 5.78 Å². The molecule has 0 bridgehead atoms. The number of allylic oxidation sites excluding steroid dienone is 1. The lowest BCUT2D eigenvalue weighted by Gasteiger charge is -1.94. The van der Waals surface area contributed by atoms with Gasteiger partial charge in [-0.2, -0.15) is 0 Å². The monoisotopic (exact) mass is 244 g/mol. The standard InChI is InChI=1S/C13H9ClN2O/c14-13-15-8-10(9-16-13)6-7-12(17)11-4-2-1-3-5-11/h1-9H. The molecule has 0 N–H and O–H groups in total. The molecule has 0 saturated heterocycles. The molecule has 1 aromatic carbocycles. The zero-order valence-corrected chi connectivity index (χ0v) is 9.63. The molecule has 3 nitrogen and oxygen atoms in total. The van der Waals surface area contributed by atoms with E-state index in [1.165, 1.54) is 6.08 Å². The summed E-state index contributed by atoms with van der Waals surface area (Å²) in [5.74, 6) is -0.0550. The second-order valence-electron chi connectivity index (χ2n) is 3.35. The summed E-state index contributed by atoms with van der Waals surface area (Å²) in [6.07, 6.45) is 6.27. The van der Waals surface area contributed by atoms with Crippen molar-refractivity contribution in [3.8, 4) is 0 Å². The number of aromatic nitrogens is 2. The van der Waals surface area contributed by atoms with Gasteiger partial charge in [-0.15, -0.1) is 0 Å². The number of nitrogens with zero attached hydrogens (tertiary/aromatic N) is 2. The number of rotatable bonds is 3. The van der Waals surface area contributed by atoms with Gasteiger partial charge < -0.3 is 0 Å². The van der Waals surface area contributed by atoms with Crippen molar-refractivity contribution >= 4 is 23.5 Å². The Balaban J connectivity index is 2.11. The van der Waals surface area contributed by atoms with Crippen LogP contribution in [0, 0.1) is 0 Å². The van der Waals surface area contributed by atoms with Crippen LogP contribution in [0.25, 0.3) is 6.08 Å². The first kappa shape index (κ1) is 11.5. The summed E-state index contributed by atoms with van der Waals surface area (Å²) in [5.41, 5.74) is 1.39. The van der Waals surface area contributed by atoms with Crippen LogP contribution in [0.3, 0.4) is 0 Å². The second-order valence-corrected chi connectivity index (χ2v) is 3.69. The van der Waals surface area contributed by atoms with Crippen molar-refractivity contribution in [3.63, 3.8) is 0 Å². The molecule has 17 heavy (non-hydrogen) atoms. The van der Waals surface area contributed by atoms with E-state index in [0.29, 0.717) is 5.56 Å². The van der Waals surface area contributed by atoms with Gasteiger partial charge in [0.05, 0.1) is 0 Å². The van der Waals surface area contributed by atoms with Crippen molar-refractivity contribution in [3.05, 3.63) is 65.2 Å². The van der Waals surface area contributed by atoms with Gasteiger partial charge in [0.1, 0.15) is 0 Å². The first-order valence-corrected chi connectivity index (χ1v) is 5.38. The van der Waals surface area contributed by atoms with E-state index in [1.807, 2.05) is 18.2 Å². The molecule has 2 rings (SSSR count). The van der Waals surface area contributed by atoms with Crippen molar-refractivity contribution in [1.82, 2.24) is 9.97 Å². The molecule has 4 heteroatoms. The Labute approximate surface area is 104 Å². The summed E-state index contributed by atoms with van der Waals surface area (Å²) in [4.78, 5) is 19.4. The van der Waals surface area contributed by atoms with E-state index in [-0.39, 0.29) is 11.1 Å². The Bertz CT molecular complexity index is 535. The SMILES string of the molecule is O=C(C=Cc1cnc(Cl)nc1)c1ccccc1. The highest BCUT2D eigenvalue weighted by Gasteiger charge is 1.99. The number of halogens is 1. The summed E-state index contributed by atoms with van der Waals surface area (Å²) in [7, 11) is 0. The van der Waals surface area contributed by atoms with Gasteiger partial charge in [-0.25, -0.2) is 9.97 Å². The molecule has 0 aliphatic rings. The zero-order chi connectivity index (χ0) is 12.1. The minimum absolute atomic E-state index is 0.0550. The maximum absolute atomic E-state index is 11.7. The fourth-order valence-corrected chi connectivity index (χ4v) is 1.38. The average Bonchev–Trinajstić information content (AvgIpc) is 2.39. The zero-order valence-electron chi connectivity index (χ0n) is 8.88. The minimum atomic E-state index is -0.0550. The molecule has 0 fully saturated rings. The summed E-state index contributed by atoms with van der Waals surface area (Å²) in [6, 6.07) is 9.06. The lowest BCUT2D eigenvalue weighted by molar-refractivity contribution is 0.104. The van der Waals surface area contributed by atoms with Gasteiger partial charge in [-0.05, 0) is 23.8 Å². The number of carbonyl (C=O) groups is 1. The van der Waals surface area contributed by atoms with E-state index in [0.717, 1.165) is 5.56 Å². The normalized spacial score (nSPS) is 10.6.